The molecule has 0 atom stereocenters. The molecule has 0 spiro atoms. The second-order valence-corrected chi connectivity index (χ2v) is 15.0. The highest BCUT2D eigenvalue weighted by molar-refractivity contribution is 6.36. The number of amides is 2. The van der Waals surface area contributed by atoms with E-state index in [-0.39, 0.29) is 24.4 Å². The molecule has 0 unspecified atom stereocenters. The monoisotopic (exact) mass is 705 g/mol. The van der Waals surface area contributed by atoms with E-state index in [1.54, 1.807) is 15.5 Å². The highest BCUT2D eigenvalue weighted by Crippen LogP contribution is 2.37. The summed E-state index contributed by atoms with van der Waals surface area (Å²) in [5.74, 6) is -0.122. The molecule has 2 amide bonds. The average molecular weight is 706 g/mol. The Balaban J connectivity index is 1.09. The molecule has 2 aliphatic rings. The van der Waals surface area contributed by atoms with Crippen LogP contribution in [-0.4, -0.2) is 66.6 Å². The predicted molar refractivity (Wildman–Crippen MR) is 200 cm³/mol. The van der Waals surface area contributed by atoms with E-state index in [2.05, 4.69) is 34.3 Å². The fourth-order valence-electron chi connectivity index (χ4n) is 7.15. The third kappa shape index (κ3) is 7.34. The van der Waals surface area contributed by atoms with Crippen molar-refractivity contribution in [1.29, 1.82) is 0 Å². The van der Waals surface area contributed by atoms with Crippen LogP contribution in [0.5, 0.6) is 0 Å². The number of carbonyl (C=O) groups is 2. The summed E-state index contributed by atoms with van der Waals surface area (Å²) in [4.78, 5) is 44.7. The maximum atomic E-state index is 13.6. The number of pyridine rings is 2. The fraction of sp³-hybridized carbons (Fsp3) is 0.375. The summed E-state index contributed by atoms with van der Waals surface area (Å²) in [5, 5.41) is 4.54. The van der Waals surface area contributed by atoms with E-state index in [1.807, 2.05) is 70.5 Å². The molecule has 5 aromatic rings. The highest BCUT2D eigenvalue weighted by atomic mass is 35.5. The maximum Gasteiger partial charge on any atom is 0.410 e. The van der Waals surface area contributed by atoms with Gasteiger partial charge < -0.3 is 19.5 Å². The quantitative estimate of drug-likeness (QED) is 0.185. The van der Waals surface area contributed by atoms with E-state index < -0.39 is 5.60 Å². The molecule has 1 saturated heterocycles. The summed E-state index contributed by atoms with van der Waals surface area (Å²) in [6, 6.07) is 16.1. The smallest absolute Gasteiger partial charge is 0.410 e. The van der Waals surface area contributed by atoms with Gasteiger partial charge >= 0.3 is 6.09 Å². The number of nitrogens with one attached hydrogen (secondary N) is 1. The lowest BCUT2D eigenvalue weighted by Crippen LogP contribution is -2.40. The van der Waals surface area contributed by atoms with Crippen LogP contribution in [0.3, 0.4) is 0 Å². The molecule has 5 heterocycles. The second-order valence-electron chi connectivity index (χ2n) is 14.6. The van der Waals surface area contributed by atoms with Crippen LogP contribution < -0.4 is 5.32 Å². The normalized spacial score (nSPS) is 14.9. The summed E-state index contributed by atoms with van der Waals surface area (Å²) in [6.45, 7) is 11.6. The fourth-order valence-corrected chi connectivity index (χ4v) is 7.43. The number of imidazole rings is 1. The van der Waals surface area contributed by atoms with Gasteiger partial charge in [-0.15, -0.1) is 0 Å². The van der Waals surface area contributed by atoms with Gasteiger partial charge in [0.1, 0.15) is 5.60 Å². The van der Waals surface area contributed by atoms with Crippen LogP contribution in [0.4, 0.5) is 10.5 Å². The zero-order chi connectivity index (χ0) is 35.9. The van der Waals surface area contributed by atoms with Crippen molar-refractivity contribution in [3.05, 3.63) is 106 Å². The third-order valence-corrected chi connectivity index (χ3v) is 10.2. The lowest BCUT2D eigenvalue weighted by atomic mass is 9.93. The van der Waals surface area contributed by atoms with Crippen LogP contribution >= 0.6 is 11.6 Å². The molecule has 51 heavy (non-hydrogen) atoms. The number of fused-ring (bicyclic) bond motifs is 2. The molecule has 11 heteroatoms. The number of carbonyl (C=O) groups excluding carboxylic acids is 2. The van der Waals surface area contributed by atoms with Gasteiger partial charge in [0, 0.05) is 62.0 Å². The molecule has 3 aromatic heterocycles. The van der Waals surface area contributed by atoms with E-state index in [0.717, 1.165) is 64.2 Å². The van der Waals surface area contributed by atoms with E-state index in [9.17, 15) is 9.59 Å². The van der Waals surface area contributed by atoms with Crippen LogP contribution in [0.15, 0.2) is 60.9 Å². The molecule has 1 fully saturated rings. The van der Waals surface area contributed by atoms with Crippen LogP contribution in [0.25, 0.3) is 22.0 Å². The van der Waals surface area contributed by atoms with Crippen molar-refractivity contribution in [3.8, 4) is 11.1 Å². The molecule has 1 N–H and O–H groups in total. The minimum atomic E-state index is -0.594. The van der Waals surface area contributed by atoms with Crippen molar-refractivity contribution in [2.24, 2.45) is 7.05 Å². The Bertz CT molecular complexity index is 2130. The number of aromatic nitrogens is 4. The number of likely N-dealkylation sites (tertiary alicyclic amines) is 1. The molecule has 0 saturated carbocycles. The van der Waals surface area contributed by atoms with Gasteiger partial charge in [-0.3, -0.25) is 19.7 Å². The molecule has 0 aliphatic carbocycles. The summed E-state index contributed by atoms with van der Waals surface area (Å²) in [6.07, 6.45) is 7.20. The first kappa shape index (κ1) is 34.6. The number of hydrogen-bond acceptors (Lipinski definition) is 7. The predicted octanol–water partition coefficient (Wildman–Crippen LogP) is 7.72. The van der Waals surface area contributed by atoms with Crippen LogP contribution in [0.2, 0.25) is 5.02 Å². The molecular formula is C40H44ClN7O3. The van der Waals surface area contributed by atoms with Gasteiger partial charge in [-0.25, -0.2) is 9.78 Å². The molecule has 2 aliphatic heterocycles. The molecular weight excluding hydrogens is 662 g/mol. The van der Waals surface area contributed by atoms with Gasteiger partial charge in [-0.05, 0) is 94.1 Å². The van der Waals surface area contributed by atoms with Gasteiger partial charge in [0.05, 0.1) is 34.2 Å². The molecule has 0 radical (unpaired) electrons. The van der Waals surface area contributed by atoms with Gasteiger partial charge in [0.25, 0.3) is 5.91 Å². The van der Waals surface area contributed by atoms with E-state index >= 15 is 0 Å². The Hall–Kier alpha value is -4.80. The van der Waals surface area contributed by atoms with Gasteiger partial charge in [0.2, 0.25) is 0 Å². The molecule has 2 aromatic carbocycles. The minimum Gasteiger partial charge on any atom is -0.444 e. The topological polar surface area (TPSA) is 105 Å². The van der Waals surface area contributed by atoms with Crippen molar-refractivity contribution in [3.63, 3.8) is 0 Å². The number of rotatable bonds is 7. The first-order chi connectivity index (χ1) is 24.4. The van der Waals surface area contributed by atoms with Crippen molar-refractivity contribution < 1.29 is 14.3 Å². The highest BCUT2D eigenvalue weighted by Gasteiger charge is 2.30. The molecule has 0 bridgehead atoms. The first-order valence-corrected chi connectivity index (χ1v) is 18.0. The van der Waals surface area contributed by atoms with E-state index in [4.69, 9.17) is 26.3 Å². The maximum absolute atomic E-state index is 13.6. The number of nitrogens with zero attached hydrogens (tertiary/aromatic N) is 6. The zero-order valence-electron chi connectivity index (χ0n) is 29.9. The minimum absolute atomic E-state index is 0.255. The lowest BCUT2D eigenvalue weighted by molar-refractivity contribution is 0.0220. The van der Waals surface area contributed by atoms with Gasteiger partial charge in [0.15, 0.2) is 5.82 Å². The summed E-state index contributed by atoms with van der Waals surface area (Å²) in [7, 11) is 1.82. The number of hydrogen-bond donors (Lipinski definition) is 1. The Kier molecular flexibility index (Phi) is 9.56. The van der Waals surface area contributed by atoms with Crippen LogP contribution in [-0.2, 0) is 37.7 Å². The molecule has 10 nitrogen and oxygen atoms in total. The lowest BCUT2D eigenvalue weighted by Gasteiger charge is -2.29. The van der Waals surface area contributed by atoms with E-state index in [0.29, 0.717) is 35.8 Å². The van der Waals surface area contributed by atoms with E-state index in [1.165, 1.54) is 18.4 Å². The Morgan fingerprint density at radius 1 is 1.00 bits per heavy atom. The Morgan fingerprint density at radius 2 is 1.76 bits per heavy atom. The van der Waals surface area contributed by atoms with Gasteiger partial charge in [-0.1, -0.05) is 41.9 Å². The van der Waals surface area contributed by atoms with Crippen LogP contribution in [0.1, 0.15) is 78.0 Å². The second kappa shape index (κ2) is 14.1. The summed E-state index contributed by atoms with van der Waals surface area (Å²) < 4.78 is 7.35. The van der Waals surface area contributed by atoms with Crippen LogP contribution in [0, 0.1) is 6.92 Å². The van der Waals surface area contributed by atoms with Crippen molar-refractivity contribution >= 4 is 40.2 Å². The first-order valence-electron chi connectivity index (χ1n) is 17.6. The average Bonchev–Trinajstić information content (AvgIpc) is 3.73. The van der Waals surface area contributed by atoms with Gasteiger partial charge in [-0.2, -0.15) is 0 Å². The summed E-state index contributed by atoms with van der Waals surface area (Å²) in [5.41, 5.74) is 8.58. The number of ether oxygens (including phenoxy) is 1. The standard InChI is InChI=1S/C40H44ClN7O3/c1-25-27(21-32-36-28(14-16-42-32)20-26(22-43-36)23-47-17-6-7-18-47)10-8-11-29(25)30-12-9-13-31(35(30)41)45-38(49)37-44-33-24-48(19-15-34(33)46(37)5)39(50)51-40(2,3)4/h8-14,16,20,22H,6-7,15,17-19,21,23-24H2,1-5H3,(H,45,49). The number of anilines is 1. The largest absolute Gasteiger partial charge is 0.444 e. The number of halogens is 1. The van der Waals surface area contributed by atoms with Crippen molar-refractivity contribution in [2.75, 3.05) is 25.0 Å². The van der Waals surface area contributed by atoms with Crippen molar-refractivity contribution in [2.45, 2.75) is 72.1 Å². The molecule has 7 rings (SSSR count). The SMILES string of the molecule is Cc1c(Cc2nccc3cc(CN4CCCC4)cnc23)cccc1-c1cccc(NC(=O)c2nc3c(n2C)CCN(C(=O)OC(C)(C)C)C3)c1Cl. The zero-order valence-corrected chi connectivity index (χ0v) is 30.7. The van der Waals surface area contributed by atoms with Crippen molar-refractivity contribution in [1.82, 2.24) is 29.3 Å². The Labute approximate surface area is 303 Å². The summed E-state index contributed by atoms with van der Waals surface area (Å²) >= 11 is 7.03. The molecule has 264 valence electrons. The third-order valence-electron chi connectivity index (χ3n) is 9.79. The Morgan fingerprint density at radius 3 is 2.55 bits per heavy atom. The number of benzene rings is 2.